The van der Waals surface area contributed by atoms with E-state index in [0.29, 0.717) is 23.3 Å². The SMILES string of the molecule is O=C(CSc1nnc(-c2cccnc2)n1Cc1ccco1)c1ccc2c(c1)CCCC2. The third kappa shape index (κ3) is 4.32. The van der Waals surface area contributed by atoms with Crippen molar-refractivity contribution in [3.8, 4) is 11.4 Å². The van der Waals surface area contributed by atoms with Crippen LogP contribution in [-0.2, 0) is 19.4 Å². The van der Waals surface area contributed by atoms with Gasteiger partial charge in [-0.3, -0.25) is 14.3 Å². The first-order valence-electron chi connectivity index (χ1n) is 10.4. The summed E-state index contributed by atoms with van der Waals surface area (Å²) in [5, 5.41) is 9.42. The zero-order chi connectivity index (χ0) is 21.0. The molecule has 31 heavy (non-hydrogen) atoms. The second-order valence-corrected chi connectivity index (χ2v) is 8.56. The molecule has 1 aliphatic carbocycles. The van der Waals surface area contributed by atoms with Crippen molar-refractivity contribution in [3.05, 3.63) is 83.6 Å². The minimum absolute atomic E-state index is 0.105. The van der Waals surface area contributed by atoms with Crippen LogP contribution in [0.25, 0.3) is 11.4 Å². The largest absolute Gasteiger partial charge is 0.467 e. The highest BCUT2D eigenvalue weighted by Gasteiger charge is 2.18. The molecule has 0 bridgehead atoms. The average molecular weight is 431 g/mol. The summed E-state index contributed by atoms with van der Waals surface area (Å²) in [7, 11) is 0. The van der Waals surface area contributed by atoms with Crippen LogP contribution in [0.1, 0.15) is 40.1 Å². The highest BCUT2D eigenvalue weighted by atomic mass is 32.2. The Kier molecular flexibility index (Phi) is 5.67. The van der Waals surface area contributed by atoms with Crippen molar-refractivity contribution < 1.29 is 9.21 Å². The van der Waals surface area contributed by atoms with Gasteiger partial charge >= 0.3 is 0 Å². The Hall–Kier alpha value is -3.19. The van der Waals surface area contributed by atoms with E-state index >= 15 is 0 Å². The number of ketones is 1. The summed E-state index contributed by atoms with van der Waals surface area (Å²) in [6.45, 7) is 0.486. The van der Waals surface area contributed by atoms with Gasteiger partial charge in [-0.1, -0.05) is 23.9 Å². The van der Waals surface area contributed by atoms with Gasteiger partial charge in [-0.25, -0.2) is 0 Å². The van der Waals surface area contributed by atoms with Crippen LogP contribution in [0.3, 0.4) is 0 Å². The number of benzene rings is 1. The Morgan fingerprint density at radius 1 is 1.06 bits per heavy atom. The van der Waals surface area contributed by atoms with Crippen molar-refractivity contribution in [1.82, 2.24) is 19.7 Å². The van der Waals surface area contributed by atoms with Gasteiger partial charge in [0.1, 0.15) is 5.76 Å². The molecule has 0 N–H and O–H groups in total. The van der Waals surface area contributed by atoms with Crippen molar-refractivity contribution in [2.75, 3.05) is 5.75 Å². The van der Waals surface area contributed by atoms with Crippen LogP contribution in [0.4, 0.5) is 0 Å². The lowest BCUT2D eigenvalue weighted by molar-refractivity contribution is 0.102. The highest BCUT2D eigenvalue weighted by Crippen LogP contribution is 2.27. The molecule has 0 aliphatic heterocycles. The molecule has 0 saturated carbocycles. The Morgan fingerprint density at radius 3 is 2.77 bits per heavy atom. The second-order valence-electron chi connectivity index (χ2n) is 7.62. The van der Waals surface area contributed by atoms with Gasteiger partial charge in [-0.2, -0.15) is 0 Å². The van der Waals surface area contributed by atoms with Crippen LogP contribution in [0.5, 0.6) is 0 Å². The quantitative estimate of drug-likeness (QED) is 0.309. The van der Waals surface area contributed by atoms with Crippen molar-refractivity contribution in [3.63, 3.8) is 0 Å². The summed E-state index contributed by atoms with van der Waals surface area (Å²) in [5.41, 5.74) is 4.35. The normalized spacial score (nSPS) is 13.2. The van der Waals surface area contributed by atoms with E-state index in [9.17, 15) is 4.79 Å². The van der Waals surface area contributed by atoms with E-state index in [-0.39, 0.29) is 5.78 Å². The van der Waals surface area contributed by atoms with Crippen LogP contribution in [-0.4, -0.2) is 31.3 Å². The number of carbonyl (C=O) groups is 1. The molecule has 3 aromatic heterocycles. The molecule has 0 fully saturated rings. The molecule has 0 amide bonds. The number of Topliss-reactive ketones (excluding diaryl/α,β-unsaturated/α-hetero) is 1. The van der Waals surface area contributed by atoms with Gasteiger partial charge in [0.25, 0.3) is 0 Å². The lowest BCUT2D eigenvalue weighted by Gasteiger charge is -2.16. The highest BCUT2D eigenvalue weighted by molar-refractivity contribution is 7.99. The molecular weight excluding hydrogens is 408 g/mol. The van der Waals surface area contributed by atoms with E-state index in [1.165, 1.54) is 35.7 Å². The van der Waals surface area contributed by atoms with Crippen LogP contribution >= 0.6 is 11.8 Å². The number of rotatable bonds is 7. The lowest BCUT2D eigenvalue weighted by Crippen LogP contribution is -2.09. The monoisotopic (exact) mass is 430 g/mol. The van der Waals surface area contributed by atoms with Gasteiger partial charge in [-0.05, 0) is 67.1 Å². The molecule has 0 spiro atoms. The van der Waals surface area contributed by atoms with Crippen LogP contribution in [0.2, 0.25) is 0 Å². The molecule has 4 aromatic rings. The smallest absolute Gasteiger partial charge is 0.192 e. The van der Waals surface area contributed by atoms with E-state index in [1.807, 2.05) is 34.9 Å². The third-order valence-electron chi connectivity index (χ3n) is 5.53. The second kappa shape index (κ2) is 8.89. The molecule has 3 heterocycles. The molecule has 1 aliphatic rings. The van der Waals surface area contributed by atoms with Gasteiger partial charge in [0.2, 0.25) is 0 Å². The number of furan rings is 1. The summed E-state index contributed by atoms with van der Waals surface area (Å²) in [6, 6.07) is 13.7. The van der Waals surface area contributed by atoms with Crippen LogP contribution in [0.15, 0.2) is 70.7 Å². The molecule has 156 valence electrons. The molecule has 7 heteroatoms. The van der Waals surface area contributed by atoms with Gasteiger partial charge in [0, 0.05) is 23.5 Å². The maximum Gasteiger partial charge on any atom is 0.192 e. The molecular formula is C24H22N4O2S. The molecule has 0 radical (unpaired) electrons. The summed E-state index contributed by atoms with van der Waals surface area (Å²) >= 11 is 1.40. The number of hydrogen-bond donors (Lipinski definition) is 0. The third-order valence-corrected chi connectivity index (χ3v) is 6.50. The Balaban J connectivity index is 1.37. The number of hydrogen-bond acceptors (Lipinski definition) is 6. The first kappa shape index (κ1) is 19.8. The van der Waals surface area contributed by atoms with Crippen molar-refractivity contribution in [1.29, 1.82) is 0 Å². The number of pyridine rings is 1. The maximum absolute atomic E-state index is 12.9. The van der Waals surface area contributed by atoms with Crippen LogP contribution < -0.4 is 0 Å². The van der Waals surface area contributed by atoms with Gasteiger partial charge in [0.15, 0.2) is 16.8 Å². The fraction of sp³-hybridized carbons (Fsp3) is 0.250. The zero-order valence-corrected chi connectivity index (χ0v) is 17.8. The van der Waals surface area contributed by atoms with E-state index in [2.05, 4.69) is 27.3 Å². The number of aryl methyl sites for hydroxylation is 2. The van der Waals surface area contributed by atoms with E-state index < -0.39 is 0 Å². The maximum atomic E-state index is 12.9. The van der Waals surface area contributed by atoms with E-state index in [0.717, 1.165) is 29.7 Å². The van der Waals surface area contributed by atoms with Crippen molar-refractivity contribution in [2.45, 2.75) is 37.4 Å². The van der Waals surface area contributed by atoms with Crippen LogP contribution in [0, 0.1) is 0 Å². The van der Waals surface area contributed by atoms with E-state index in [1.54, 1.807) is 18.7 Å². The topological polar surface area (TPSA) is 73.8 Å². The fourth-order valence-electron chi connectivity index (χ4n) is 3.93. The average Bonchev–Trinajstić information content (AvgIpc) is 3.48. The molecule has 0 atom stereocenters. The predicted octanol–water partition coefficient (Wildman–Crippen LogP) is 4.84. The molecule has 6 nitrogen and oxygen atoms in total. The van der Waals surface area contributed by atoms with Gasteiger partial charge in [-0.15, -0.1) is 10.2 Å². The number of aromatic nitrogens is 4. The first-order chi connectivity index (χ1) is 15.3. The molecule has 5 rings (SSSR count). The molecule has 1 aromatic carbocycles. The number of nitrogens with zero attached hydrogens (tertiary/aromatic N) is 4. The van der Waals surface area contributed by atoms with Crippen molar-refractivity contribution >= 4 is 17.5 Å². The standard InChI is InChI=1S/C24H22N4O2S/c29-22(19-10-9-17-5-1-2-6-18(17)13-19)16-31-24-27-26-23(20-7-3-11-25-14-20)28(24)15-21-8-4-12-30-21/h3-4,7-14H,1-2,5-6,15-16H2. The minimum Gasteiger partial charge on any atom is -0.467 e. The fourth-order valence-corrected chi connectivity index (χ4v) is 4.76. The lowest BCUT2D eigenvalue weighted by atomic mass is 9.90. The Labute approximate surface area is 184 Å². The van der Waals surface area contributed by atoms with Gasteiger partial charge in [0.05, 0.1) is 18.6 Å². The minimum atomic E-state index is 0.105. The van der Waals surface area contributed by atoms with Gasteiger partial charge < -0.3 is 4.42 Å². The molecule has 0 saturated heterocycles. The number of thioether (sulfide) groups is 1. The zero-order valence-electron chi connectivity index (χ0n) is 17.0. The Morgan fingerprint density at radius 2 is 1.97 bits per heavy atom. The summed E-state index contributed by atoms with van der Waals surface area (Å²) in [4.78, 5) is 17.1. The Bertz CT molecular complexity index is 1190. The summed E-state index contributed by atoms with van der Waals surface area (Å²) < 4.78 is 7.51. The van der Waals surface area contributed by atoms with E-state index in [4.69, 9.17) is 4.42 Å². The number of carbonyl (C=O) groups excluding carboxylic acids is 1. The van der Waals surface area contributed by atoms with Crippen molar-refractivity contribution in [2.24, 2.45) is 0 Å². The summed E-state index contributed by atoms with van der Waals surface area (Å²) in [5.74, 6) is 1.91. The summed E-state index contributed by atoms with van der Waals surface area (Å²) in [6.07, 6.45) is 9.75. The first-order valence-corrected chi connectivity index (χ1v) is 11.4. The molecule has 0 unspecified atom stereocenters. The number of fused-ring (bicyclic) bond motifs is 1. The predicted molar refractivity (Wildman–Crippen MR) is 119 cm³/mol.